The summed E-state index contributed by atoms with van der Waals surface area (Å²) in [5.74, 6) is -0.791. The maximum Gasteiger partial charge on any atom is 0.314 e. The van der Waals surface area contributed by atoms with Crippen LogP contribution >= 0.6 is 0 Å². The Morgan fingerprint density at radius 1 is 1.31 bits per heavy atom. The number of hydrogen-bond donors (Lipinski definition) is 3. The van der Waals surface area contributed by atoms with E-state index in [0.717, 1.165) is 12.8 Å². The Bertz CT molecular complexity index is 219. The quantitative estimate of drug-likeness (QED) is 0.556. The lowest BCUT2D eigenvalue weighted by atomic mass is 10.2. The predicted molar refractivity (Wildman–Crippen MR) is 62.4 cm³/mol. The SMILES string of the molecule is CCCC(C)NC(=O)NCCCCC(=O)O. The molecule has 0 aliphatic rings. The summed E-state index contributed by atoms with van der Waals surface area (Å²) in [6.07, 6.45) is 3.46. The van der Waals surface area contributed by atoms with Crippen molar-refractivity contribution in [3.8, 4) is 0 Å². The number of carbonyl (C=O) groups is 2. The average Bonchev–Trinajstić information content (AvgIpc) is 2.16. The Kier molecular flexibility index (Phi) is 8.29. The highest BCUT2D eigenvalue weighted by molar-refractivity contribution is 5.74. The van der Waals surface area contributed by atoms with Crippen LogP contribution in [0.1, 0.15) is 46.0 Å². The van der Waals surface area contributed by atoms with Crippen LogP contribution in [0.15, 0.2) is 0 Å². The zero-order valence-corrected chi connectivity index (χ0v) is 10.1. The number of carboxylic acids is 1. The predicted octanol–water partition coefficient (Wildman–Crippen LogP) is 1.73. The van der Waals surface area contributed by atoms with Crippen molar-refractivity contribution in [2.24, 2.45) is 0 Å². The van der Waals surface area contributed by atoms with Crippen LogP contribution < -0.4 is 10.6 Å². The van der Waals surface area contributed by atoms with Gasteiger partial charge in [-0.15, -0.1) is 0 Å². The molecule has 0 bridgehead atoms. The van der Waals surface area contributed by atoms with Crippen molar-refractivity contribution in [3.05, 3.63) is 0 Å². The monoisotopic (exact) mass is 230 g/mol. The number of rotatable bonds is 8. The largest absolute Gasteiger partial charge is 0.481 e. The third kappa shape index (κ3) is 9.30. The van der Waals surface area contributed by atoms with Crippen LogP contribution in [0.2, 0.25) is 0 Å². The van der Waals surface area contributed by atoms with E-state index in [9.17, 15) is 9.59 Å². The first-order valence-electron chi connectivity index (χ1n) is 5.82. The van der Waals surface area contributed by atoms with E-state index in [1.54, 1.807) is 0 Å². The van der Waals surface area contributed by atoms with Gasteiger partial charge in [0.1, 0.15) is 0 Å². The van der Waals surface area contributed by atoms with Gasteiger partial charge in [0.2, 0.25) is 0 Å². The van der Waals surface area contributed by atoms with Crippen LogP contribution in [0.3, 0.4) is 0 Å². The fourth-order valence-corrected chi connectivity index (χ4v) is 1.38. The zero-order chi connectivity index (χ0) is 12.4. The minimum atomic E-state index is -0.791. The molecule has 0 saturated heterocycles. The fourth-order valence-electron chi connectivity index (χ4n) is 1.38. The van der Waals surface area contributed by atoms with Gasteiger partial charge in [-0.25, -0.2) is 4.79 Å². The summed E-state index contributed by atoms with van der Waals surface area (Å²) < 4.78 is 0. The third-order valence-electron chi connectivity index (χ3n) is 2.20. The molecule has 1 atom stereocenters. The van der Waals surface area contributed by atoms with Crippen LogP contribution in [-0.2, 0) is 4.79 Å². The van der Waals surface area contributed by atoms with Crippen LogP contribution in [0.4, 0.5) is 4.79 Å². The number of unbranched alkanes of at least 4 members (excludes halogenated alkanes) is 1. The first-order valence-corrected chi connectivity index (χ1v) is 5.82. The maximum absolute atomic E-state index is 11.3. The minimum Gasteiger partial charge on any atom is -0.481 e. The van der Waals surface area contributed by atoms with Crippen molar-refractivity contribution in [1.29, 1.82) is 0 Å². The molecule has 0 fully saturated rings. The first-order chi connectivity index (χ1) is 7.56. The van der Waals surface area contributed by atoms with E-state index in [4.69, 9.17) is 5.11 Å². The van der Waals surface area contributed by atoms with Gasteiger partial charge < -0.3 is 15.7 Å². The Hall–Kier alpha value is -1.26. The molecule has 0 aliphatic heterocycles. The van der Waals surface area contributed by atoms with Gasteiger partial charge in [0.15, 0.2) is 0 Å². The van der Waals surface area contributed by atoms with Crippen LogP contribution in [0.25, 0.3) is 0 Å². The molecule has 16 heavy (non-hydrogen) atoms. The summed E-state index contributed by atoms with van der Waals surface area (Å²) in [5, 5.41) is 13.9. The molecule has 0 spiro atoms. The minimum absolute atomic E-state index is 0.162. The molecule has 0 radical (unpaired) electrons. The summed E-state index contributed by atoms with van der Waals surface area (Å²) in [7, 11) is 0. The number of aliphatic carboxylic acids is 1. The van der Waals surface area contributed by atoms with Gasteiger partial charge >= 0.3 is 12.0 Å². The molecule has 0 saturated carbocycles. The summed E-state index contributed by atoms with van der Waals surface area (Å²) >= 11 is 0. The molecule has 1 unspecified atom stereocenters. The molecule has 5 heteroatoms. The average molecular weight is 230 g/mol. The molecule has 0 aromatic rings. The lowest BCUT2D eigenvalue weighted by Gasteiger charge is -2.13. The first kappa shape index (κ1) is 14.7. The topological polar surface area (TPSA) is 78.4 Å². The number of urea groups is 1. The number of amides is 2. The summed E-state index contributed by atoms with van der Waals surface area (Å²) in [5.41, 5.74) is 0. The number of hydrogen-bond acceptors (Lipinski definition) is 2. The van der Waals surface area contributed by atoms with E-state index in [1.807, 2.05) is 6.92 Å². The molecule has 0 heterocycles. The van der Waals surface area contributed by atoms with Gasteiger partial charge in [-0.2, -0.15) is 0 Å². The van der Waals surface area contributed by atoms with Crippen molar-refractivity contribution in [2.75, 3.05) is 6.54 Å². The number of carboxylic acid groups (broad SMARTS) is 1. The fraction of sp³-hybridized carbons (Fsp3) is 0.818. The molecule has 0 rings (SSSR count). The van der Waals surface area contributed by atoms with Crippen LogP contribution in [-0.4, -0.2) is 29.7 Å². The molecule has 3 N–H and O–H groups in total. The molecule has 2 amide bonds. The van der Waals surface area contributed by atoms with Gasteiger partial charge in [-0.1, -0.05) is 13.3 Å². The second-order valence-corrected chi connectivity index (χ2v) is 3.94. The van der Waals surface area contributed by atoms with Crippen LogP contribution in [0.5, 0.6) is 0 Å². The Morgan fingerprint density at radius 3 is 2.56 bits per heavy atom. The molecular formula is C11H22N2O3. The molecule has 5 nitrogen and oxygen atoms in total. The highest BCUT2D eigenvalue weighted by atomic mass is 16.4. The lowest BCUT2D eigenvalue weighted by Crippen LogP contribution is -2.41. The molecule has 94 valence electrons. The second kappa shape index (κ2) is 9.00. The highest BCUT2D eigenvalue weighted by Crippen LogP contribution is 1.95. The van der Waals surface area contributed by atoms with E-state index in [2.05, 4.69) is 17.6 Å². The van der Waals surface area contributed by atoms with Gasteiger partial charge in [0, 0.05) is 19.0 Å². The normalized spacial score (nSPS) is 11.9. The van der Waals surface area contributed by atoms with Gasteiger partial charge in [-0.3, -0.25) is 4.79 Å². The number of nitrogens with one attached hydrogen (secondary N) is 2. The van der Waals surface area contributed by atoms with Gasteiger partial charge in [0.25, 0.3) is 0 Å². The van der Waals surface area contributed by atoms with Crippen molar-refractivity contribution in [1.82, 2.24) is 10.6 Å². The number of carbonyl (C=O) groups excluding carboxylic acids is 1. The molecule has 0 aromatic carbocycles. The van der Waals surface area contributed by atoms with Crippen molar-refractivity contribution in [2.45, 2.75) is 52.0 Å². The Labute approximate surface area is 96.6 Å². The van der Waals surface area contributed by atoms with Gasteiger partial charge in [0.05, 0.1) is 0 Å². The standard InChI is InChI=1S/C11H22N2O3/c1-3-6-9(2)13-11(16)12-8-5-4-7-10(14)15/h9H,3-8H2,1-2H3,(H,14,15)(H2,12,13,16). The van der Waals surface area contributed by atoms with Crippen molar-refractivity contribution in [3.63, 3.8) is 0 Å². The van der Waals surface area contributed by atoms with Crippen molar-refractivity contribution >= 4 is 12.0 Å². The van der Waals surface area contributed by atoms with E-state index in [-0.39, 0.29) is 18.5 Å². The van der Waals surface area contributed by atoms with E-state index in [1.165, 1.54) is 0 Å². The third-order valence-corrected chi connectivity index (χ3v) is 2.20. The molecular weight excluding hydrogens is 208 g/mol. The van der Waals surface area contributed by atoms with E-state index >= 15 is 0 Å². The Balaban J connectivity index is 3.40. The second-order valence-electron chi connectivity index (χ2n) is 3.94. The van der Waals surface area contributed by atoms with Gasteiger partial charge in [-0.05, 0) is 26.2 Å². The van der Waals surface area contributed by atoms with Crippen LogP contribution in [0, 0.1) is 0 Å². The Morgan fingerprint density at radius 2 is 2.00 bits per heavy atom. The van der Waals surface area contributed by atoms with E-state index < -0.39 is 5.97 Å². The zero-order valence-electron chi connectivity index (χ0n) is 10.1. The molecule has 0 aromatic heterocycles. The van der Waals surface area contributed by atoms with Crippen molar-refractivity contribution < 1.29 is 14.7 Å². The van der Waals surface area contributed by atoms with E-state index in [0.29, 0.717) is 19.4 Å². The summed E-state index contributed by atoms with van der Waals surface area (Å²) in [6.45, 7) is 4.56. The summed E-state index contributed by atoms with van der Waals surface area (Å²) in [6, 6.07) is 0.0142. The lowest BCUT2D eigenvalue weighted by molar-refractivity contribution is -0.137. The smallest absolute Gasteiger partial charge is 0.314 e. The summed E-state index contributed by atoms with van der Waals surface area (Å²) in [4.78, 5) is 21.5. The highest BCUT2D eigenvalue weighted by Gasteiger charge is 2.04. The molecule has 0 aliphatic carbocycles. The maximum atomic E-state index is 11.3.